The lowest BCUT2D eigenvalue weighted by atomic mass is 10.00. The van der Waals surface area contributed by atoms with Crippen LogP contribution in [0.1, 0.15) is 36.2 Å². The lowest BCUT2D eigenvalue weighted by Crippen LogP contribution is -2.36. The first-order valence-electron chi connectivity index (χ1n) is 9.52. The molecule has 7 heteroatoms. The fraction of sp³-hybridized carbons (Fsp3) is 0.381. The highest BCUT2D eigenvalue weighted by atomic mass is 32.2. The van der Waals surface area contributed by atoms with Crippen molar-refractivity contribution in [1.82, 2.24) is 4.31 Å². The number of anilines is 1. The minimum absolute atomic E-state index is 0.138. The summed E-state index contributed by atoms with van der Waals surface area (Å²) in [5, 5.41) is 0. The highest BCUT2D eigenvalue weighted by Crippen LogP contribution is 2.37. The molecule has 3 rings (SSSR count). The molecule has 0 saturated carbocycles. The summed E-state index contributed by atoms with van der Waals surface area (Å²) in [5.41, 5.74) is 2.19. The van der Waals surface area contributed by atoms with Gasteiger partial charge in [-0.1, -0.05) is 32.0 Å². The molecule has 1 aliphatic rings. The van der Waals surface area contributed by atoms with Crippen LogP contribution in [-0.4, -0.2) is 45.4 Å². The molecule has 2 aromatic rings. The van der Waals surface area contributed by atoms with E-state index in [1.807, 2.05) is 18.2 Å². The summed E-state index contributed by atoms with van der Waals surface area (Å²) < 4.78 is 32.5. The summed E-state index contributed by atoms with van der Waals surface area (Å²) in [5.74, 6) is 0.430. The Morgan fingerprint density at radius 3 is 2.54 bits per heavy atom. The molecule has 150 valence electrons. The van der Waals surface area contributed by atoms with Gasteiger partial charge in [0.25, 0.3) is 5.91 Å². The van der Waals surface area contributed by atoms with E-state index in [9.17, 15) is 13.2 Å². The van der Waals surface area contributed by atoms with Crippen LogP contribution >= 0.6 is 0 Å². The zero-order valence-corrected chi connectivity index (χ0v) is 17.3. The number of carbonyl (C=O) groups excluding carboxylic acids is 1. The second-order valence-electron chi connectivity index (χ2n) is 6.65. The Kier molecular flexibility index (Phi) is 6.05. The van der Waals surface area contributed by atoms with Gasteiger partial charge in [-0.2, -0.15) is 4.31 Å². The third-order valence-corrected chi connectivity index (χ3v) is 7.12. The summed E-state index contributed by atoms with van der Waals surface area (Å²) >= 11 is 0. The van der Waals surface area contributed by atoms with Gasteiger partial charge in [0.05, 0.1) is 17.7 Å². The molecule has 0 unspecified atom stereocenters. The Morgan fingerprint density at radius 2 is 1.86 bits per heavy atom. The van der Waals surface area contributed by atoms with Gasteiger partial charge in [-0.05, 0) is 42.7 Å². The molecule has 0 radical (unpaired) electrons. The summed E-state index contributed by atoms with van der Waals surface area (Å²) in [6.07, 6.45) is 1.73. The maximum Gasteiger partial charge on any atom is 0.258 e. The number of amides is 1. The monoisotopic (exact) mass is 402 g/mol. The van der Waals surface area contributed by atoms with E-state index < -0.39 is 10.0 Å². The number of benzene rings is 2. The van der Waals surface area contributed by atoms with E-state index in [1.54, 1.807) is 38.0 Å². The number of sulfonamides is 1. The summed E-state index contributed by atoms with van der Waals surface area (Å²) in [4.78, 5) is 15.1. The molecule has 1 heterocycles. The van der Waals surface area contributed by atoms with E-state index in [1.165, 1.54) is 16.4 Å². The summed E-state index contributed by atoms with van der Waals surface area (Å²) in [6.45, 7) is 4.93. The van der Waals surface area contributed by atoms with Gasteiger partial charge in [-0.25, -0.2) is 8.42 Å². The second-order valence-corrected chi connectivity index (χ2v) is 8.58. The lowest BCUT2D eigenvalue weighted by molar-refractivity contribution is 0.0984. The van der Waals surface area contributed by atoms with Crippen LogP contribution in [-0.2, 0) is 16.4 Å². The molecule has 0 fully saturated rings. The molecule has 0 N–H and O–H groups in total. The zero-order valence-electron chi connectivity index (χ0n) is 16.5. The normalized spacial score (nSPS) is 14.1. The number of fused-ring (bicyclic) bond motifs is 1. The molecule has 1 amide bonds. The number of aryl methyl sites for hydroxylation is 1. The third-order valence-electron chi connectivity index (χ3n) is 5.07. The molecule has 0 aliphatic carbocycles. The first-order chi connectivity index (χ1) is 13.4. The number of methoxy groups -OCH3 is 1. The first-order valence-corrected chi connectivity index (χ1v) is 11.0. The standard InChI is InChI=1S/C21H26N2O4S/c1-4-22(5-2)28(25,26)18-12-6-10-17(15-18)21(24)23-14-8-11-16-9-7-13-19(27-3)20(16)23/h6-7,9-10,12-13,15H,4-5,8,11,14H2,1-3H3. The fourth-order valence-corrected chi connectivity index (χ4v) is 5.15. The zero-order chi connectivity index (χ0) is 20.3. The van der Waals surface area contributed by atoms with Crippen LogP contribution in [0.3, 0.4) is 0 Å². The van der Waals surface area contributed by atoms with Crippen LogP contribution in [0.4, 0.5) is 5.69 Å². The number of hydrogen-bond donors (Lipinski definition) is 0. The first kappa shape index (κ1) is 20.4. The van der Waals surface area contributed by atoms with Crippen molar-refractivity contribution in [3.8, 4) is 5.75 Å². The number of carbonyl (C=O) groups is 1. The molecule has 0 bridgehead atoms. The highest BCUT2D eigenvalue weighted by Gasteiger charge is 2.28. The predicted molar refractivity (Wildman–Crippen MR) is 110 cm³/mol. The quantitative estimate of drug-likeness (QED) is 0.743. The highest BCUT2D eigenvalue weighted by molar-refractivity contribution is 7.89. The maximum atomic E-state index is 13.3. The summed E-state index contributed by atoms with van der Waals surface area (Å²) in [6, 6.07) is 12.0. The average Bonchev–Trinajstić information content (AvgIpc) is 2.73. The Morgan fingerprint density at radius 1 is 1.14 bits per heavy atom. The van der Waals surface area contributed by atoms with Crippen LogP contribution in [0.15, 0.2) is 47.4 Å². The molecule has 6 nitrogen and oxygen atoms in total. The van der Waals surface area contributed by atoms with Gasteiger partial charge in [0, 0.05) is 25.2 Å². The van der Waals surface area contributed by atoms with E-state index in [0.29, 0.717) is 30.9 Å². The number of nitrogens with zero attached hydrogens (tertiary/aromatic N) is 2. The minimum atomic E-state index is -3.62. The topological polar surface area (TPSA) is 66.9 Å². The number of hydrogen-bond acceptors (Lipinski definition) is 4. The molecular formula is C21H26N2O4S. The van der Waals surface area contributed by atoms with E-state index in [4.69, 9.17) is 4.74 Å². The van der Waals surface area contributed by atoms with Crippen LogP contribution < -0.4 is 9.64 Å². The Hall–Kier alpha value is -2.38. The molecule has 28 heavy (non-hydrogen) atoms. The van der Waals surface area contributed by atoms with Gasteiger partial charge < -0.3 is 9.64 Å². The van der Waals surface area contributed by atoms with Gasteiger partial charge in [0.2, 0.25) is 10.0 Å². The van der Waals surface area contributed by atoms with Crippen molar-refractivity contribution in [3.63, 3.8) is 0 Å². The molecule has 0 atom stereocenters. The summed E-state index contributed by atoms with van der Waals surface area (Å²) in [7, 11) is -2.04. The molecule has 0 spiro atoms. The van der Waals surface area contributed by atoms with Crippen LogP contribution in [0.2, 0.25) is 0 Å². The third kappa shape index (κ3) is 3.64. The number of ether oxygens (including phenoxy) is 1. The van der Waals surface area contributed by atoms with Gasteiger partial charge in [-0.3, -0.25) is 4.79 Å². The number of rotatable bonds is 6. The van der Waals surface area contributed by atoms with Crippen molar-refractivity contribution >= 4 is 21.6 Å². The molecule has 0 saturated heterocycles. The lowest BCUT2D eigenvalue weighted by Gasteiger charge is -2.31. The largest absolute Gasteiger partial charge is 0.495 e. The van der Waals surface area contributed by atoms with Crippen LogP contribution in [0, 0.1) is 0 Å². The SMILES string of the molecule is CCN(CC)S(=O)(=O)c1cccc(C(=O)N2CCCc3cccc(OC)c32)c1. The Bertz CT molecular complexity index is 954. The van der Waals surface area contributed by atoms with Crippen molar-refractivity contribution in [2.45, 2.75) is 31.6 Å². The van der Waals surface area contributed by atoms with Crippen LogP contribution in [0.5, 0.6) is 5.75 Å². The van der Waals surface area contributed by atoms with E-state index >= 15 is 0 Å². The molecular weight excluding hydrogens is 376 g/mol. The van der Waals surface area contributed by atoms with Crippen molar-refractivity contribution < 1.29 is 17.9 Å². The van der Waals surface area contributed by atoms with Gasteiger partial charge in [0.15, 0.2) is 0 Å². The smallest absolute Gasteiger partial charge is 0.258 e. The van der Waals surface area contributed by atoms with Gasteiger partial charge in [0.1, 0.15) is 5.75 Å². The predicted octanol–water partition coefficient (Wildman–Crippen LogP) is 3.32. The van der Waals surface area contributed by atoms with Gasteiger partial charge in [-0.15, -0.1) is 0 Å². The molecule has 0 aromatic heterocycles. The Balaban J connectivity index is 2.00. The van der Waals surface area contributed by atoms with Crippen molar-refractivity contribution in [1.29, 1.82) is 0 Å². The van der Waals surface area contributed by atoms with Crippen molar-refractivity contribution in [3.05, 3.63) is 53.6 Å². The fourth-order valence-electron chi connectivity index (χ4n) is 3.64. The number of para-hydroxylation sites is 1. The van der Waals surface area contributed by atoms with E-state index in [2.05, 4.69) is 0 Å². The maximum absolute atomic E-state index is 13.3. The van der Waals surface area contributed by atoms with Crippen molar-refractivity contribution in [2.24, 2.45) is 0 Å². The van der Waals surface area contributed by atoms with Crippen molar-refractivity contribution in [2.75, 3.05) is 31.6 Å². The van der Waals surface area contributed by atoms with Crippen LogP contribution in [0.25, 0.3) is 0 Å². The van der Waals surface area contributed by atoms with E-state index in [-0.39, 0.29) is 10.8 Å². The second kappa shape index (κ2) is 8.32. The molecule has 2 aromatic carbocycles. The van der Waals surface area contributed by atoms with Gasteiger partial charge >= 0.3 is 0 Å². The average molecular weight is 403 g/mol. The molecule has 1 aliphatic heterocycles. The minimum Gasteiger partial charge on any atom is -0.495 e. The van der Waals surface area contributed by atoms with E-state index in [0.717, 1.165) is 24.1 Å². The Labute approximate surface area is 166 Å².